The van der Waals surface area contributed by atoms with Crippen molar-refractivity contribution in [3.8, 4) is 0 Å². The second kappa shape index (κ2) is 7.02. The largest absolute Gasteiger partial charge is 0.360 e. The van der Waals surface area contributed by atoms with Gasteiger partial charge in [-0.25, -0.2) is 0 Å². The van der Waals surface area contributed by atoms with Gasteiger partial charge in [0.25, 0.3) is 0 Å². The van der Waals surface area contributed by atoms with Crippen LogP contribution in [-0.2, 0) is 16.1 Å². The predicted molar refractivity (Wildman–Crippen MR) is 95.1 cm³/mol. The van der Waals surface area contributed by atoms with Crippen LogP contribution in [0.4, 0.5) is 0 Å². The van der Waals surface area contributed by atoms with Crippen molar-refractivity contribution in [1.29, 1.82) is 0 Å². The molecule has 3 aliphatic heterocycles. The van der Waals surface area contributed by atoms with Gasteiger partial charge in [-0.3, -0.25) is 14.5 Å². The number of hydrogen-bond donors (Lipinski definition) is 1. The average molecular weight is 360 g/mol. The lowest BCUT2D eigenvalue weighted by Crippen LogP contribution is -2.66. The highest BCUT2D eigenvalue weighted by Gasteiger charge is 2.49. The van der Waals surface area contributed by atoms with Crippen molar-refractivity contribution in [2.24, 2.45) is 11.8 Å². The minimum atomic E-state index is -0.0297. The first-order valence-electron chi connectivity index (χ1n) is 9.71. The van der Waals surface area contributed by atoms with Crippen LogP contribution in [0.5, 0.6) is 0 Å². The summed E-state index contributed by atoms with van der Waals surface area (Å²) in [7, 11) is 0. The number of likely N-dealkylation sites (tertiary alicyclic amines) is 1. The van der Waals surface area contributed by atoms with Gasteiger partial charge in [0.2, 0.25) is 11.8 Å². The summed E-state index contributed by atoms with van der Waals surface area (Å²) in [5, 5.41) is 6.95. The van der Waals surface area contributed by atoms with Crippen LogP contribution in [0, 0.1) is 18.8 Å². The van der Waals surface area contributed by atoms with Crippen LogP contribution in [0.15, 0.2) is 10.6 Å². The van der Waals surface area contributed by atoms with E-state index in [1.54, 1.807) is 6.92 Å². The van der Waals surface area contributed by atoms with Gasteiger partial charge in [0.05, 0.1) is 18.3 Å². The lowest BCUT2D eigenvalue weighted by atomic mass is 9.72. The molecular formula is C19H28N4O3. The fraction of sp³-hybridized carbons (Fsp3) is 0.737. The van der Waals surface area contributed by atoms with Crippen molar-refractivity contribution < 1.29 is 14.1 Å². The number of hydrogen-bond acceptors (Lipinski definition) is 5. The SMILES string of the molecule is CC(=O)NC[C@H]1[C@H]2C[C@H](CN(Cc3cc(C)no3)C2)[C@@H]2CCCC(=O)N21. The number of aryl methyl sites for hydroxylation is 1. The third kappa shape index (κ3) is 3.37. The number of carbonyl (C=O) groups is 2. The molecular weight excluding hydrogens is 332 g/mol. The summed E-state index contributed by atoms with van der Waals surface area (Å²) in [5.41, 5.74) is 0.907. The fourth-order valence-electron chi connectivity index (χ4n) is 5.22. The van der Waals surface area contributed by atoms with Crippen molar-refractivity contribution in [1.82, 2.24) is 20.3 Å². The van der Waals surface area contributed by atoms with Gasteiger partial charge >= 0.3 is 0 Å². The molecule has 1 N–H and O–H groups in total. The molecule has 2 amide bonds. The molecule has 142 valence electrons. The molecule has 26 heavy (non-hydrogen) atoms. The van der Waals surface area contributed by atoms with Crippen molar-refractivity contribution in [3.05, 3.63) is 17.5 Å². The highest BCUT2D eigenvalue weighted by Crippen LogP contribution is 2.41. The fourth-order valence-corrected chi connectivity index (χ4v) is 5.22. The smallest absolute Gasteiger partial charge is 0.223 e. The van der Waals surface area contributed by atoms with E-state index in [0.717, 1.165) is 50.4 Å². The van der Waals surface area contributed by atoms with Gasteiger partial charge in [-0.05, 0) is 38.0 Å². The monoisotopic (exact) mass is 360 g/mol. The third-order valence-corrected chi connectivity index (χ3v) is 6.19. The quantitative estimate of drug-likeness (QED) is 0.876. The molecule has 2 bridgehead atoms. The molecule has 0 aromatic carbocycles. The van der Waals surface area contributed by atoms with E-state index in [2.05, 4.69) is 20.3 Å². The van der Waals surface area contributed by atoms with E-state index < -0.39 is 0 Å². The van der Waals surface area contributed by atoms with Crippen molar-refractivity contribution >= 4 is 11.8 Å². The Bertz CT molecular complexity index is 688. The minimum Gasteiger partial charge on any atom is -0.360 e. The topological polar surface area (TPSA) is 78.7 Å². The average Bonchev–Trinajstić information content (AvgIpc) is 3.00. The summed E-state index contributed by atoms with van der Waals surface area (Å²) in [6, 6.07) is 2.41. The van der Waals surface area contributed by atoms with Gasteiger partial charge in [0.1, 0.15) is 0 Å². The summed E-state index contributed by atoms with van der Waals surface area (Å²) in [6.45, 7) is 6.73. The summed E-state index contributed by atoms with van der Waals surface area (Å²) < 4.78 is 5.41. The maximum absolute atomic E-state index is 12.7. The first kappa shape index (κ1) is 17.5. The highest BCUT2D eigenvalue weighted by atomic mass is 16.5. The number of piperidine rings is 3. The van der Waals surface area contributed by atoms with E-state index in [4.69, 9.17) is 4.52 Å². The summed E-state index contributed by atoms with van der Waals surface area (Å²) in [5.74, 6) is 2.04. The van der Waals surface area contributed by atoms with Gasteiger partial charge < -0.3 is 14.7 Å². The Morgan fingerprint density at radius 1 is 1.38 bits per heavy atom. The van der Waals surface area contributed by atoms with Crippen molar-refractivity contribution in [2.45, 2.75) is 58.2 Å². The molecule has 3 aliphatic rings. The Kier molecular flexibility index (Phi) is 4.73. The second-order valence-corrected chi connectivity index (χ2v) is 8.15. The molecule has 0 saturated carbocycles. The van der Waals surface area contributed by atoms with E-state index in [0.29, 0.717) is 30.8 Å². The van der Waals surface area contributed by atoms with Gasteiger partial charge in [-0.15, -0.1) is 0 Å². The normalized spacial score (nSPS) is 31.6. The first-order valence-corrected chi connectivity index (χ1v) is 9.71. The molecule has 4 heterocycles. The molecule has 3 saturated heterocycles. The van der Waals surface area contributed by atoms with E-state index in [1.807, 2.05) is 13.0 Å². The Hall–Kier alpha value is -1.89. The Labute approximate surface area is 154 Å². The Morgan fingerprint density at radius 3 is 2.92 bits per heavy atom. The summed E-state index contributed by atoms with van der Waals surface area (Å²) in [6.07, 6.45) is 3.85. The molecule has 0 spiro atoms. The number of nitrogens with one attached hydrogen (secondary N) is 1. The van der Waals surface area contributed by atoms with Gasteiger partial charge in [-0.1, -0.05) is 5.16 Å². The number of aromatic nitrogens is 1. The van der Waals surface area contributed by atoms with Gasteiger partial charge in [-0.2, -0.15) is 0 Å². The number of amides is 2. The lowest BCUT2D eigenvalue weighted by Gasteiger charge is -2.56. The van der Waals surface area contributed by atoms with E-state index in [1.165, 1.54) is 0 Å². The maximum Gasteiger partial charge on any atom is 0.223 e. The van der Waals surface area contributed by atoms with E-state index in [-0.39, 0.29) is 17.9 Å². The van der Waals surface area contributed by atoms with Crippen molar-refractivity contribution in [3.63, 3.8) is 0 Å². The molecule has 4 rings (SSSR count). The number of nitrogens with zero attached hydrogens (tertiary/aromatic N) is 3. The summed E-state index contributed by atoms with van der Waals surface area (Å²) >= 11 is 0. The molecule has 0 unspecified atom stereocenters. The second-order valence-electron chi connectivity index (χ2n) is 8.15. The van der Waals surface area contributed by atoms with Crippen LogP contribution in [0.3, 0.4) is 0 Å². The Balaban J connectivity index is 1.53. The number of rotatable bonds is 4. The van der Waals surface area contributed by atoms with Crippen LogP contribution in [-0.4, -0.2) is 58.5 Å². The standard InChI is InChI=1S/C19H28N4O3/c1-12-6-16(26-21-12)11-22-9-14-7-15(10-22)18(8-20-13(2)24)23-17(14)4-3-5-19(23)25/h6,14-15,17-18H,3-5,7-11H2,1-2H3,(H,20,24)/t14-,15+,17+,18+/m1/s1. The van der Waals surface area contributed by atoms with Crippen LogP contribution in [0.1, 0.15) is 44.1 Å². The maximum atomic E-state index is 12.7. The molecule has 1 aromatic rings. The minimum absolute atomic E-state index is 0.0297. The van der Waals surface area contributed by atoms with E-state index in [9.17, 15) is 9.59 Å². The van der Waals surface area contributed by atoms with Crippen LogP contribution in [0.2, 0.25) is 0 Å². The zero-order valence-electron chi connectivity index (χ0n) is 15.6. The third-order valence-electron chi connectivity index (χ3n) is 6.19. The zero-order valence-corrected chi connectivity index (χ0v) is 15.6. The molecule has 7 heteroatoms. The summed E-state index contributed by atoms with van der Waals surface area (Å²) in [4.78, 5) is 28.7. The van der Waals surface area contributed by atoms with Gasteiger partial charge in [0, 0.05) is 45.1 Å². The van der Waals surface area contributed by atoms with Crippen LogP contribution >= 0.6 is 0 Å². The number of fused-ring (bicyclic) bond motifs is 4. The predicted octanol–water partition coefficient (Wildman–Crippen LogP) is 1.32. The Morgan fingerprint density at radius 2 is 2.19 bits per heavy atom. The molecule has 1 aromatic heterocycles. The molecule has 3 fully saturated rings. The van der Waals surface area contributed by atoms with Gasteiger partial charge in [0.15, 0.2) is 5.76 Å². The molecule has 4 atom stereocenters. The van der Waals surface area contributed by atoms with E-state index >= 15 is 0 Å². The molecule has 7 nitrogen and oxygen atoms in total. The van der Waals surface area contributed by atoms with Crippen molar-refractivity contribution in [2.75, 3.05) is 19.6 Å². The number of carbonyl (C=O) groups excluding carboxylic acids is 2. The highest BCUT2D eigenvalue weighted by molar-refractivity contribution is 5.78. The van der Waals surface area contributed by atoms with Crippen LogP contribution < -0.4 is 5.32 Å². The lowest BCUT2D eigenvalue weighted by molar-refractivity contribution is -0.153. The molecule has 0 radical (unpaired) electrons. The zero-order chi connectivity index (χ0) is 18.3. The first-order chi connectivity index (χ1) is 12.5. The molecule has 0 aliphatic carbocycles. The van der Waals surface area contributed by atoms with Crippen LogP contribution in [0.25, 0.3) is 0 Å².